The number of nitrogens with one attached hydrogen (secondary N) is 1. The summed E-state index contributed by atoms with van der Waals surface area (Å²) in [5.74, 6) is -0.274. The van der Waals surface area contributed by atoms with Crippen molar-refractivity contribution in [1.29, 1.82) is 0 Å². The number of hydrogen-bond acceptors (Lipinski definition) is 3. The first-order valence-electron chi connectivity index (χ1n) is 9.01. The number of nitrogens with zero attached hydrogens (tertiary/aromatic N) is 2. The Hall–Kier alpha value is -3.21. The molecule has 0 saturated heterocycles. The molecule has 3 aromatic rings. The monoisotopic (exact) mass is 361 g/mol. The molecule has 138 valence electrons. The summed E-state index contributed by atoms with van der Waals surface area (Å²) in [7, 11) is 0. The lowest BCUT2D eigenvalue weighted by Gasteiger charge is -2.12. The van der Waals surface area contributed by atoms with E-state index in [0.29, 0.717) is 5.69 Å². The van der Waals surface area contributed by atoms with E-state index in [0.717, 1.165) is 34.4 Å². The minimum Gasteiger partial charge on any atom is -0.324 e. The second-order valence-electron chi connectivity index (χ2n) is 6.59. The van der Waals surface area contributed by atoms with Crippen molar-refractivity contribution in [2.24, 2.45) is 0 Å². The molecule has 0 aliphatic carbocycles. The van der Waals surface area contributed by atoms with Crippen molar-refractivity contribution in [3.05, 3.63) is 81.6 Å². The third kappa shape index (κ3) is 4.31. The highest BCUT2D eigenvalue weighted by Crippen LogP contribution is 2.21. The summed E-state index contributed by atoms with van der Waals surface area (Å²) in [6, 6.07) is 16.9. The molecule has 0 radical (unpaired) electrons. The van der Waals surface area contributed by atoms with Gasteiger partial charge in [0.2, 0.25) is 5.91 Å². The Morgan fingerprint density at radius 1 is 1.07 bits per heavy atom. The van der Waals surface area contributed by atoms with Gasteiger partial charge >= 0.3 is 0 Å². The fourth-order valence-corrected chi connectivity index (χ4v) is 2.99. The third-order valence-corrected chi connectivity index (χ3v) is 4.50. The summed E-state index contributed by atoms with van der Waals surface area (Å²) in [4.78, 5) is 24.6. The van der Waals surface area contributed by atoms with Gasteiger partial charge in [-0.15, -0.1) is 0 Å². The zero-order valence-corrected chi connectivity index (χ0v) is 15.8. The van der Waals surface area contributed by atoms with Crippen molar-refractivity contribution in [2.45, 2.75) is 33.7 Å². The molecule has 3 rings (SSSR count). The predicted molar refractivity (Wildman–Crippen MR) is 108 cm³/mol. The van der Waals surface area contributed by atoms with Gasteiger partial charge in [0, 0.05) is 17.3 Å². The van der Waals surface area contributed by atoms with Crippen molar-refractivity contribution in [2.75, 3.05) is 5.32 Å². The molecule has 0 bridgehead atoms. The number of carbonyl (C=O) groups excluding carboxylic acids is 1. The number of carbonyl (C=O) groups is 1. The molecular formula is C22H23N3O2. The number of hydrogen-bond donors (Lipinski definition) is 1. The summed E-state index contributed by atoms with van der Waals surface area (Å²) in [6.45, 7) is 5.91. The average Bonchev–Trinajstić information content (AvgIpc) is 2.66. The Morgan fingerprint density at radius 2 is 1.85 bits per heavy atom. The molecule has 1 heterocycles. The highest BCUT2D eigenvalue weighted by atomic mass is 16.2. The lowest BCUT2D eigenvalue weighted by Crippen LogP contribution is -2.29. The van der Waals surface area contributed by atoms with Gasteiger partial charge in [0.15, 0.2) is 0 Å². The van der Waals surface area contributed by atoms with Crippen molar-refractivity contribution >= 4 is 11.6 Å². The number of amides is 1. The van der Waals surface area contributed by atoms with Crippen LogP contribution in [0.15, 0.2) is 59.4 Å². The van der Waals surface area contributed by atoms with E-state index >= 15 is 0 Å². The second kappa shape index (κ2) is 7.99. The molecule has 0 unspecified atom stereocenters. The summed E-state index contributed by atoms with van der Waals surface area (Å²) >= 11 is 0. The van der Waals surface area contributed by atoms with Gasteiger partial charge in [-0.3, -0.25) is 9.59 Å². The van der Waals surface area contributed by atoms with Crippen LogP contribution in [0.3, 0.4) is 0 Å². The number of rotatable bonds is 5. The highest BCUT2D eigenvalue weighted by molar-refractivity contribution is 5.91. The van der Waals surface area contributed by atoms with E-state index in [-0.39, 0.29) is 18.0 Å². The Morgan fingerprint density at radius 3 is 2.63 bits per heavy atom. The molecule has 0 atom stereocenters. The Kier molecular flexibility index (Phi) is 5.50. The van der Waals surface area contributed by atoms with Gasteiger partial charge in [-0.2, -0.15) is 5.10 Å². The van der Waals surface area contributed by atoms with Gasteiger partial charge in [0.05, 0.1) is 5.69 Å². The minimum atomic E-state index is -0.303. The number of anilines is 1. The van der Waals surface area contributed by atoms with Gasteiger partial charge in [-0.05, 0) is 49.6 Å². The Balaban J connectivity index is 1.86. The van der Waals surface area contributed by atoms with E-state index in [9.17, 15) is 9.59 Å². The molecule has 1 amide bonds. The van der Waals surface area contributed by atoms with Gasteiger partial charge in [0.1, 0.15) is 6.54 Å². The molecule has 1 aromatic heterocycles. The van der Waals surface area contributed by atoms with Gasteiger partial charge < -0.3 is 5.32 Å². The summed E-state index contributed by atoms with van der Waals surface area (Å²) in [5.41, 5.74) is 5.34. The number of para-hydroxylation sites is 1. The van der Waals surface area contributed by atoms with E-state index in [4.69, 9.17) is 0 Å². The molecule has 1 N–H and O–H groups in total. The number of aryl methyl sites for hydroxylation is 3. The second-order valence-corrected chi connectivity index (χ2v) is 6.59. The normalized spacial score (nSPS) is 10.6. The van der Waals surface area contributed by atoms with Crippen LogP contribution in [-0.2, 0) is 17.8 Å². The van der Waals surface area contributed by atoms with Crippen molar-refractivity contribution in [3.63, 3.8) is 0 Å². The quantitative estimate of drug-likeness (QED) is 0.753. The average molecular weight is 361 g/mol. The first-order valence-corrected chi connectivity index (χ1v) is 9.01. The van der Waals surface area contributed by atoms with Crippen LogP contribution in [0.5, 0.6) is 0 Å². The Labute approximate surface area is 158 Å². The maximum absolute atomic E-state index is 12.5. The molecule has 2 aromatic carbocycles. The molecule has 0 aliphatic heterocycles. The van der Waals surface area contributed by atoms with Gasteiger partial charge in [-0.1, -0.05) is 42.8 Å². The van der Waals surface area contributed by atoms with E-state index in [2.05, 4.69) is 10.4 Å². The van der Waals surface area contributed by atoms with E-state index in [1.54, 1.807) is 6.07 Å². The standard InChI is InChI=1S/C22H23N3O2/c1-4-17-7-5-6-8-19(17)23-21(26)14-25-22(27)12-11-20(24-25)18-13-15(2)9-10-16(18)3/h5-13H,4,14H2,1-3H3,(H,23,26). The van der Waals surface area contributed by atoms with Crippen LogP contribution < -0.4 is 10.9 Å². The zero-order valence-electron chi connectivity index (χ0n) is 15.8. The lowest BCUT2D eigenvalue weighted by molar-refractivity contribution is -0.117. The largest absolute Gasteiger partial charge is 0.324 e. The van der Waals surface area contributed by atoms with E-state index in [1.165, 1.54) is 10.7 Å². The topological polar surface area (TPSA) is 64.0 Å². The molecule has 0 fully saturated rings. The number of benzene rings is 2. The molecule has 0 saturated carbocycles. The first kappa shape index (κ1) is 18.6. The maximum Gasteiger partial charge on any atom is 0.267 e. The van der Waals surface area contributed by atoms with E-state index < -0.39 is 0 Å². The van der Waals surface area contributed by atoms with Crippen LogP contribution in [0, 0.1) is 13.8 Å². The van der Waals surface area contributed by atoms with Crippen LogP contribution in [-0.4, -0.2) is 15.7 Å². The van der Waals surface area contributed by atoms with Crippen LogP contribution in [0.4, 0.5) is 5.69 Å². The minimum absolute atomic E-state index is 0.129. The molecule has 5 heteroatoms. The van der Waals surface area contributed by atoms with Crippen molar-refractivity contribution in [3.8, 4) is 11.3 Å². The van der Waals surface area contributed by atoms with E-state index in [1.807, 2.05) is 63.2 Å². The Bertz CT molecular complexity index is 1040. The summed E-state index contributed by atoms with van der Waals surface area (Å²) in [5, 5.41) is 7.29. The smallest absolute Gasteiger partial charge is 0.267 e. The molecule has 5 nitrogen and oxygen atoms in total. The molecule has 0 spiro atoms. The first-order chi connectivity index (χ1) is 13.0. The summed E-state index contributed by atoms with van der Waals surface area (Å²) in [6.07, 6.45) is 0.816. The number of aromatic nitrogens is 2. The highest BCUT2D eigenvalue weighted by Gasteiger charge is 2.11. The molecular weight excluding hydrogens is 338 g/mol. The maximum atomic E-state index is 12.5. The fraction of sp³-hybridized carbons (Fsp3) is 0.227. The van der Waals surface area contributed by atoms with Gasteiger partial charge in [-0.25, -0.2) is 4.68 Å². The van der Waals surface area contributed by atoms with Crippen molar-refractivity contribution < 1.29 is 4.79 Å². The predicted octanol–water partition coefficient (Wildman–Crippen LogP) is 3.73. The molecule has 0 aliphatic rings. The SMILES string of the molecule is CCc1ccccc1NC(=O)Cn1nc(-c2cc(C)ccc2C)ccc1=O. The third-order valence-electron chi connectivity index (χ3n) is 4.50. The summed E-state index contributed by atoms with van der Waals surface area (Å²) < 4.78 is 1.21. The molecule has 27 heavy (non-hydrogen) atoms. The van der Waals surface area contributed by atoms with Crippen LogP contribution in [0.25, 0.3) is 11.3 Å². The van der Waals surface area contributed by atoms with Crippen LogP contribution in [0.2, 0.25) is 0 Å². The van der Waals surface area contributed by atoms with Crippen LogP contribution in [0.1, 0.15) is 23.6 Å². The van der Waals surface area contributed by atoms with Gasteiger partial charge in [0.25, 0.3) is 5.56 Å². The van der Waals surface area contributed by atoms with Crippen LogP contribution >= 0.6 is 0 Å². The lowest BCUT2D eigenvalue weighted by atomic mass is 10.0. The van der Waals surface area contributed by atoms with Crippen molar-refractivity contribution in [1.82, 2.24) is 9.78 Å². The fourth-order valence-electron chi connectivity index (χ4n) is 2.99. The zero-order chi connectivity index (χ0) is 19.4.